The molecule has 2 saturated heterocycles. The number of amides is 1. The molecule has 0 radical (unpaired) electrons. The first-order valence-electron chi connectivity index (χ1n) is 16.5. The molecule has 1 atom stereocenters. The van der Waals surface area contributed by atoms with Gasteiger partial charge in [-0.05, 0) is 86.8 Å². The number of nitrogens with one attached hydrogen (secondary N) is 1. The highest BCUT2D eigenvalue weighted by molar-refractivity contribution is 6.30. The molecule has 8 nitrogen and oxygen atoms in total. The Hall–Kier alpha value is -2.00. The van der Waals surface area contributed by atoms with Gasteiger partial charge in [-0.25, -0.2) is 4.98 Å². The lowest BCUT2D eigenvalue weighted by Crippen LogP contribution is -2.56. The molecule has 2 aromatic rings. The van der Waals surface area contributed by atoms with Crippen LogP contribution in [0.3, 0.4) is 0 Å². The number of carbonyl (C=O) groups is 1. The maximum atomic E-state index is 14.2. The average Bonchev–Trinajstić information content (AvgIpc) is 3.56. The van der Waals surface area contributed by atoms with Crippen molar-refractivity contribution in [1.82, 2.24) is 29.9 Å². The monoisotopic (exact) mass is 596 g/mol. The number of rotatable bonds is 9. The van der Waals surface area contributed by atoms with Crippen LogP contribution >= 0.6 is 11.6 Å². The van der Waals surface area contributed by atoms with Crippen molar-refractivity contribution in [3.8, 4) is 0 Å². The summed E-state index contributed by atoms with van der Waals surface area (Å²) in [6.07, 6.45) is 17.5. The first-order chi connectivity index (χ1) is 20.6. The fourth-order valence-corrected chi connectivity index (χ4v) is 8.47. The number of morpholine rings is 1. The van der Waals surface area contributed by atoms with Gasteiger partial charge in [-0.1, -0.05) is 43.0 Å². The van der Waals surface area contributed by atoms with Gasteiger partial charge in [0.2, 0.25) is 5.91 Å². The van der Waals surface area contributed by atoms with E-state index in [1.54, 1.807) is 6.33 Å². The van der Waals surface area contributed by atoms with Crippen LogP contribution in [0.1, 0.15) is 76.2 Å². The molecule has 1 aromatic heterocycles. The molecule has 1 N–H and O–H groups in total. The topological polar surface area (TPSA) is 75.5 Å². The molecule has 230 valence electrons. The molecule has 1 amide bonds. The van der Waals surface area contributed by atoms with Crippen LogP contribution in [0.5, 0.6) is 0 Å². The fraction of sp³-hybridized carbons (Fsp3) is 0.727. The quantitative estimate of drug-likeness (QED) is 0.441. The summed E-state index contributed by atoms with van der Waals surface area (Å²) in [6.45, 7) is 6.38. The Labute approximate surface area is 256 Å². The third-order valence-corrected chi connectivity index (χ3v) is 11.1. The maximum absolute atomic E-state index is 14.2. The van der Waals surface area contributed by atoms with E-state index >= 15 is 0 Å². The van der Waals surface area contributed by atoms with E-state index in [0.717, 1.165) is 82.2 Å². The molecule has 0 unspecified atom stereocenters. The number of benzene rings is 1. The highest BCUT2D eigenvalue weighted by Crippen LogP contribution is 2.47. The summed E-state index contributed by atoms with van der Waals surface area (Å²) in [6, 6.07) is 8.84. The molecular weight excluding hydrogens is 548 g/mol. The van der Waals surface area contributed by atoms with E-state index in [0.29, 0.717) is 24.4 Å². The third-order valence-electron chi connectivity index (χ3n) is 10.8. The Bertz CT molecular complexity index is 1100. The van der Waals surface area contributed by atoms with E-state index in [1.807, 2.05) is 23.1 Å². The minimum atomic E-state index is -0.214. The number of carbonyl (C=O) groups excluding carboxylic acids is 1. The van der Waals surface area contributed by atoms with Crippen LogP contribution < -0.4 is 5.32 Å². The molecule has 2 aliphatic carbocycles. The van der Waals surface area contributed by atoms with Crippen molar-refractivity contribution in [2.75, 3.05) is 39.4 Å². The average molecular weight is 597 g/mol. The maximum Gasteiger partial charge on any atom is 0.240 e. The van der Waals surface area contributed by atoms with Gasteiger partial charge in [0.25, 0.3) is 0 Å². The molecule has 0 spiro atoms. The Balaban J connectivity index is 1.11. The number of likely N-dealkylation sites (tertiary alicyclic amines) is 1. The summed E-state index contributed by atoms with van der Waals surface area (Å²) in [5.74, 6) is 0.968. The second-order valence-corrected chi connectivity index (χ2v) is 13.8. The van der Waals surface area contributed by atoms with E-state index in [2.05, 4.69) is 37.3 Å². The van der Waals surface area contributed by atoms with Crippen LogP contribution in [0.2, 0.25) is 5.02 Å². The zero-order chi connectivity index (χ0) is 28.8. The van der Waals surface area contributed by atoms with Crippen molar-refractivity contribution in [2.24, 2.45) is 11.3 Å². The molecule has 9 heteroatoms. The lowest BCUT2D eigenvalue weighted by molar-refractivity contribution is -0.137. The van der Waals surface area contributed by atoms with E-state index in [1.165, 1.54) is 44.9 Å². The lowest BCUT2D eigenvalue weighted by atomic mass is 9.63. The number of nitrogens with zero attached hydrogens (tertiary/aromatic N) is 5. The van der Waals surface area contributed by atoms with Crippen LogP contribution in [0, 0.1) is 11.3 Å². The second kappa shape index (κ2) is 14.2. The Morgan fingerprint density at radius 1 is 0.976 bits per heavy atom. The van der Waals surface area contributed by atoms with Crippen LogP contribution in [0.4, 0.5) is 0 Å². The van der Waals surface area contributed by atoms with Crippen molar-refractivity contribution in [2.45, 2.75) is 102 Å². The van der Waals surface area contributed by atoms with Gasteiger partial charge in [-0.15, -0.1) is 0 Å². The number of hydrogen-bond donors (Lipinski definition) is 1. The van der Waals surface area contributed by atoms with E-state index in [4.69, 9.17) is 16.3 Å². The first-order valence-corrected chi connectivity index (χ1v) is 16.9. The van der Waals surface area contributed by atoms with E-state index in [-0.39, 0.29) is 17.4 Å². The molecule has 1 aromatic carbocycles. The summed E-state index contributed by atoms with van der Waals surface area (Å²) in [4.78, 5) is 23.2. The summed E-state index contributed by atoms with van der Waals surface area (Å²) in [5.41, 5.74) is 1.36. The van der Waals surface area contributed by atoms with Gasteiger partial charge in [0.15, 0.2) is 0 Å². The molecule has 2 saturated carbocycles. The second-order valence-electron chi connectivity index (χ2n) is 13.3. The van der Waals surface area contributed by atoms with Crippen LogP contribution in [-0.4, -0.2) is 88.0 Å². The van der Waals surface area contributed by atoms with Gasteiger partial charge in [-0.3, -0.25) is 14.4 Å². The van der Waals surface area contributed by atoms with Gasteiger partial charge < -0.3 is 15.0 Å². The standard InChI is InChI=1S/C33H49ClN6O2/c34-28-8-6-26(7-9-28)22-31(37-29-10-12-30(13-11-29)38-18-20-42-21-19-38)32(41)39-16-14-33(15-17-39,23-40-25-35-24-36-40)27-4-2-1-3-5-27/h6-9,24-25,27,29-31,37H,1-5,10-23H2/t29?,30?,31-/m1/s1. The largest absolute Gasteiger partial charge is 0.379 e. The number of halogens is 1. The highest BCUT2D eigenvalue weighted by Gasteiger charge is 2.44. The van der Waals surface area contributed by atoms with Crippen LogP contribution in [-0.2, 0) is 22.5 Å². The molecular formula is C33H49ClN6O2. The number of hydrogen-bond acceptors (Lipinski definition) is 6. The fourth-order valence-electron chi connectivity index (χ4n) is 8.35. The van der Waals surface area contributed by atoms with Crippen LogP contribution in [0.25, 0.3) is 0 Å². The SMILES string of the molecule is O=C([C@@H](Cc1ccc(Cl)cc1)NC1CCC(N2CCOCC2)CC1)N1CCC(Cn2cncn2)(C2CCCCC2)CC1. The molecule has 42 heavy (non-hydrogen) atoms. The summed E-state index contributed by atoms with van der Waals surface area (Å²) in [7, 11) is 0. The van der Waals surface area contributed by atoms with Gasteiger partial charge in [-0.2, -0.15) is 5.10 Å². The first kappa shape index (κ1) is 30.0. The highest BCUT2D eigenvalue weighted by atomic mass is 35.5. The summed E-state index contributed by atoms with van der Waals surface area (Å²) < 4.78 is 7.61. The predicted octanol–water partition coefficient (Wildman–Crippen LogP) is 4.96. The van der Waals surface area contributed by atoms with Crippen molar-refractivity contribution in [3.05, 3.63) is 47.5 Å². The van der Waals surface area contributed by atoms with Crippen molar-refractivity contribution in [3.63, 3.8) is 0 Å². The summed E-state index contributed by atoms with van der Waals surface area (Å²) in [5, 5.41) is 9.09. The zero-order valence-corrected chi connectivity index (χ0v) is 25.9. The lowest BCUT2D eigenvalue weighted by Gasteiger charge is -2.48. The van der Waals surface area contributed by atoms with Crippen molar-refractivity contribution in [1.29, 1.82) is 0 Å². The summed E-state index contributed by atoms with van der Waals surface area (Å²) >= 11 is 6.19. The van der Waals surface area contributed by atoms with Gasteiger partial charge in [0.05, 0.1) is 19.3 Å². The third kappa shape index (κ3) is 7.37. The zero-order valence-electron chi connectivity index (χ0n) is 25.1. The number of aromatic nitrogens is 3. The van der Waals surface area contributed by atoms with Gasteiger partial charge in [0.1, 0.15) is 12.7 Å². The minimum absolute atomic E-state index is 0.196. The molecule has 6 rings (SSSR count). The van der Waals surface area contributed by atoms with Crippen molar-refractivity contribution < 1.29 is 9.53 Å². The van der Waals surface area contributed by atoms with E-state index < -0.39 is 0 Å². The Kier molecular flexibility index (Phi) is 10.1. The Morgan fingerprint density at radius 2 is 1.69 bits per heavy atom. The molecule has 3 heterocycles. The molecule has 0 bridgehead atoms. The van der Waals surface area contributed by atoms with E-state index in [9.17, 15) is 4.79 Å². The number of piperidine rings is 1. The minimum Gasteiger partial charge on any atom is -0.379 e. The molecule has 4 fully saturated rings. The molecule has 2 aliphatic heterocycles. The predicted molar refractivity (Wildman–Crippen MR) is 165 cm³/mol. The van der Waals surface area contributed by atoms with Crippen LogP contribution in [0.15, 0.2) is 36.9 Å². The van der Waals surface area contributed by atoms with Gasteiger partial charge in [0, 0.05) is 49.8 Å². The smallest absolute Gasteiger partial charge is 0.240 e. The number of ether oxygens (including phenoxy) is 1. The van der Waals surface area contributed by atoms with Crippen molar-refractivity contribution >= 4 is 17.5 Å². The van der Waals surface area contributed by atoms with Gasteiger partial charge >= 0.3 is 0 Å². The molecule has 4 aliphatic rings. The normalized spacial score (nSPS) is 26.6. The Morgan fingerprint density at radius 3 is 2.36 bits per heavy atom.